The van der Waals surface area contributed by atoms with Crippen molar-refractivity contribution in [1.29, 1.82) is 0 Å². The fraction of sp³-hybridized carbons (Fsp3) is 0.750. The zero-order valence-electron chi connectivity index (χ0n) is 7.60. The molecule has 1 aromatic rings. The fourth-order valence-corrected chi connectivity index (χ4v) is 1.61. The third-order valence-electron chi connectivity index (χ3n) is 2.39. The number of ether oxygens (including phenoxy) is 1. The van der Waals surface area contributed by atoms with Gasteiger partial charge in [-0.25, -0.2) is 4.68 Å². The summed E-state index contributed by atoms with van der Waals surface area (Å²) >= 11 is 0. The lowest BCUT2D eigenvalue weighted by Gasteiger charge is -2.20. The van der Waals surface area contributed by atoms with Gasteiger partial charge in [0.2, 0.25) is 0 Å². The van der Waals surface area contributed by atoms with Crippen molar-refractivity contribution in [2.75, 3.05) is 13.2 Å². The zero-order chi connectivity index (χ0) is 9.31. The SMILES string of the molecule is CCn1nncc1C1(O)CCOC1. The van der Waals surface area contributed by atoms with Crippen LogP contribution in [0.4, 0.5) is 0 Å². The van der Waals surface area contributed by atoms with Crippen LogP contribution in [0.25, 0.3) is 0 Å². The van der Waals surface area contributed by atoms with Gasteiger partial charge in [0, 0.05) is 19.6 Å². The van der Waals surface area contributed by atoms with Gasteiger partial charge in [0.25, 0.3) is 0 Å². The molecule has 1 atom stereocenters. The molecule has 1 aliphatic rings. The maximum atomic E-state index is 10.1. The Labute approximate surface area is 76.3 Å². The molecular formula is C8H13N3O2. The third-order valence-corrected chi connectivity index (χ3v) is 2.39. The molecule has 72 valence electrons. The molecule has 0 saturated carbocycles. The number of nitrogens with zero attached hydrogens (tertiary/aromatic N) is 3. The molecule has 0 amide bonds. The van der Waals surface area contributed by atoms with Gasteiger partial charge in [0.15, 0.2) is 0 Å². The van der Waals surface area contributed by atoms with Gasteiger partial charge >= 0.3 is 0 Å². The highest BCUT2D eigenvalue weighted by atomic mass is 16.5. The monoisotopic (exact) mass is 183 g/mol. The number of aryl methyl sites for hydroxylation is 1. The van der Waals surface area contributed by atoms with Crippen LogP contribution in [0.3, 0.4) is 0 Å². The normalized spacial score (nSPS) is 28.2. The van der Waals surface area contributed by atoms with E-state index in [4.69, 9.17) is 4.74 Å². The second-order valence-corrected chi connectivity index (χ2v) is 3.27. The lowest BCUT2D eigenvalue weighted by atomic mass is 10.00. The van der Waals surface area contributed by atoms with Crippen LogP contribution in [-0.2, 0) is 16.9 Å². The molecule has 2 rings (SSSR count). The third kappa shape index (κ3) is 1.34. The van der Waals surface area contributed by atoms with Crippen molar-refractivity contribution >= 4 is 0 Å². The minimum atomic E-state index is -0.875. The number of aromatic nitrogens is 3. The highest BCUT2D eigenvalue weighted by Crippen LogP contribution is 2.29. The van der Waals surface area contributed by atoms with E-state index in [0.717, 1.165) is 12.2 Å². The van der Waals surface area contributed by atoms with Crippen molar-refractivity contribution in [3.05, 3.63) is 11.9 Å². The minimum absolute atomic E-state index is 0.348. The van der Waals surface area contributed by atoms with Gasteiger partial charge in [-0.1, -0.05) is 5.21 Å². The van der Waals surface area contributed by atoms with Gasteiger partial charge in [0.1, 0.15) is 5.60 Å². The van der Waals surface area contributed by atoms with Crippen molar-refractivity contribution in [3.8, 4) is 0 Å². The first kappa shape index (κ1) is 8.65. The number of hydrogen-bond donors (Lipinski definition) is 1. The molecular weight excluding hydrogens is 170 g/mol. The van der Waals surface area contributed by atoms with Crippen molar-refractivity contribution in [3.63, 3.8) is 0 Å². The number of rotatable bonds is 2. The summed E-state index contributed by atoms with van der Waals surface area (Å²) < 4.78 is 6.87. The van der Waals surface area contributed by atoms with Crippen LogP contribution in [0, 0.1) is 0 Å². The quantitative estimate of drug-likeness (QED) is 0.696. The predicted molar refractivity (Wildman–Crippen MR) is 45.0 cm³/mol. The lowest BCUT2D eigenvalue weighted by molar-refractivity contribution is 0.0155. The molecule has 1 unspecified atom stereocenters. The zero-order valence-corrected chi connectivity index (χ0v) is 7.60. The summed E-state index contributed by atoms with van der Waals surface area (Å²) in [6.45, 7) is 3.64. The molecule has 13 heavy (non-hydrogen) atoms. The average molecular weight is 183 g/mol. The van der Waals surface area contributed by atoms with Crippen molar-refractivity contribution in [1.82, 2.24) is 15.0 Å². The summed E-state index contributed by atoms with van der Waals surface area (Å²) in [4.78, 5) is 0. The van der Waals surface area contributed by atoms with Gasteiger partial charge < -0.3 is 9.84 Å². The maximum absolute atomic E-state index is 10.1. The van der Waals surface area contributed by atoms with Crippen LogP contribution in [0.1, 0.15) is 19.0 Å². The largest absolute Gasteiger partial charge is 0.381 e. The summed E-state index contributed by atoms with van der Waals surface area (Å²) in [6.07, 6.45) is 2.23. The Morgan fingerprint density at radius 1 is 1.77 bits per heavy atom. The van der Waals surface area contributed by atoms with Crippen LogP contribution in [0.2, 0.25) is 0 Å². The molecule has 1 N–H and O–H groups in total. The van der Waals surface area contributed by atoms with E-state index in [1.54, 1.807) is 10.9 Å². The summed E-state index contributed by atoms with van der Waals surface area (Å²) in [6, 6.07) is 0. The van der Waals surface area contributed by atoms with E-state index < -0.39 is 5.60 Å². The van der Waals surface area contributed by atoms with E-state index in [9.17, 15) is 5.11 Å². The standard InChI is InChI=1S/C8H13N3O2/c1-2-11-7(5-9-10-11)8(12)3-4-13-6-8/h5,12H,2-4,6H2,1H3. The molecule has 5 nitrogen and oxygen atoms in total. The molecule has 0 aromatic carbocycles. The molecule has 1 saturated heterocycles. The summed E-state index contributed by atoms with van der Waals surface area (Å²) in [5.74, 6) is 0. The molecule has 1 aliphatic heterocycles. The molecule has 0 radical (unpaired) electrons. The van der Waals surface area contributed by atoms with Crippen LogP contribution in [-0.4, -0.2) is 33.3 Å². The number of aliphatic hydroxyl groups is 1. The van der Waals surface area contributed by atoms with E-state index in [1.165, 1.54) is 0 Å². The van der Waals surface area contributed by atoms with E-state index >= 15 is 0 Å². The molecule has 0 bridgehead atoms. The lowest BCUT2D eigenvalue weighted by Crippen LogP contribution is -2.29. The van der Waals surface area contributed by atoms with Crippen LogP contribution in [0.15, 0.2) is 6.20 Å². The van der Waals surface area contributed by atoms with Gasteiger partial charge in [-0.2, -0.15) is 0 Å². The topological polar surface area (TPSA) is 60.2 Å². The maximum Gasteiger partial charge on any atom is 0.133 e. The smallest absolute Gasteiger partial charge is 0.133 e. The summed E-state index contributed by atoms with van der Waals surface area (Å²) in [5.41, 5.74) is -0.119. The molecule has 0 spiro atoms. The molecule has 1 aromatic heterocycles. The summed E-state index contributed by atoms with van der Waals surface area (Å²) in [5, 5.41) is 17.8. The minimum Gasteiger partial charge on any atom is -0.381 e. The fourth-order valence-electron chi connectivity index (χ4n) is 1.61. The molecule has 0 aliphatic carbocycles. The second-order valence-electron chi connectivity index (χ2n) is 3.27. The second kappa shape index (κ2) is 3.08. The Hall–Kier alpha value is -0.940. The Balaban J connectivity index is 2.32. The van der Waals surface area contributed by atoms with Crippen molar-refractivity contribution in [2.45, 2.75) is 25.5 Å². The first-order valence-electron chi connectivity index (χ1n) is 4.45. The number of hydrogen-bond acceptors (Lipinski definition) is 4. The van der Waals surface area contributed by atoms with Gasteiger partial charge in [-0.15, -0.1) is 5.10 Å². The average Bonchev–Trinajstić information content (AvgIpc) is 2.72. The van der Waals surface area contributed by atoms with Gasteiger partial charge in [0.05, 0.1) is 18.5 Å². The van der Waals surface area contributed by atoms with Crippen LogP contribution in [0.5, 0.6) is 0 Å². The highest BCUT2D eigenvalue weighted by Gasteiger charge is 2.37. The highest BCUT2D eigenvalue weighted by molar-refractivity contribution is 5.09. The van der Waals surface area contributed by atoms with Crippen LogP contribution < -0.4 is 0 Å². The molecule has 5 heteroatoms. The Kier molecular flexibility index (Phi) is 2.05. The molecule has 1 fully saturated rings. The molecule has 2 heterocycles. The van der Waals surface area contributed by atoms with E-state index in [1.807, 2.05) is 6.92 Å². The Morgan fingerprint density at radius 3 is 3.23 bits per heavy atom. The van der Waals surface area contributed by atoms with Crippen molar-refractivity contribution in [2.24, 2.45) is 0 Å². The Bertz CT molecular complexity index is 291. The van der Waals surface area contributed by atoms with E-state index in [2.05, 4.69) is 10.3 Å². The van der Waals surface area contributed by atoms with E-state index in [-0.39, 0.29) is 0 Å². The van der Waals surface area contributed by atoms with Crippen molar-refractivity contribution < 1.29 is 9.84 Å². The van der Waals surface area contributed by atoms with Gasteiger partial charge in [-0.05, 0) is 6.92 Å². The van der Waals surface area contributed by atoms with E-state index in [0.29, 0.717) is 19.6 Å². The van der Waals surface area contributed by atoms with Crippen LogP contribution >= 0.6 is 0 Å². The predicted octanol–water partition coefficient (Wildman–Crippen LogP) is -0.0941. The first-order chi connectivity index (χ1) is 6.26. The summed E-state index contributed by atoms with van der Waals surface area (Å²) in [7, 11) is 0. The Morgan fingerprint density at radius 2 is 2.62 bits per heavy atom. The first-order valence-corrected chi connectivity index (χ1v) is 4.45. The van der Waals surface area contributed by atoms with Gasteiger partial charge in [-0.3, -0.25) is 0 Å².